The van der Waals surface area contributed by atoms with E-state index in [2.05, 4.69) is 13.8 Å². The number of fused-ring (bicyclic) bond motifs is 1. The lowest BCUT2D eigenvalue weighted by atomic mass is 10.1. The first kappa shape index (κ1) is 19.4. The van der Waals surface area contributed by atoms with Crippen molar-refractivity contribution >= 4 is 17.8 Å². The maximum atomic E-state index is 12.5. The summed E-state index contributed by atoms with van der Waals surface area (Å²) in [4.78, 5) is 42.1. The quantitative estimate of drug-likeness (QED) is 0.681. The maximum absolute atomic E-state index is 12.5. The molecule has 0 unspecified atom stereocenters. The monoisotopic (exact) mass is 383 g/mol. The van der Waals surface area contributed by atoms with Crippen molar-refractivity contribution in [3.8, 4) is 11.5 Å². The number of hydrogen-bond acceptors (Lipinski definition) is 6. The summed E-state index contributed by atoms with van der Waals surface area (Å²) < 4.78 is 11.0. The van der Waals surface area contributed by atoms with E-state index in [4.69, 9.17) is 14.3 Å². The molecule has 146 valence electrons. The van der Waals surface area contributed by atoms with Crippen LogP contribution in [0.3, 0.4) is 0 Å². The van der Waals surface area contributed by atoms with E-state index < -0.39 is 17.8 Å². The van der Waals surface area contributed by atoms with Crippen LogP contribution in [0.15, 0.2) is 42.5 Å². The van der Waals surface area contributed by atoms with Crippen molar-refractivity contribution in [3.05, 3.63) is 59.2 Å². The zero-order valence-electron chi connectivity index (χ0n) is 15.9. The Morgan fingerprint density at radius 3 is 2.21 bits per heavy atom. The molecule has 7 nitrogen and oxygen atoms in total. The number of ether oxygens (including phenoxy) is 2. The van der Waals surface area contributed by atoms with Gasteiger partial charge in [0.25, 0.3) is 11.8 Å². The van der Waals surface area contributed by atoms with E-state index in [9.17, 15) is 14.4 Å². The number of carbonyl (C=O) groups is 3. The Labute approximate surface area is 162 Å². The normalized spacial score (nSPS) is 12.9. The van der Waals surface area contributed by atoms with Gasteiger partial charge in [-0.05, 0) is 42.7 Å². The number of hydroxylamine groups is 2. The minimum atomic E-state index is -0.846. The van der Waals surface area contributed by atoms with Crippen LogP contribution in [-0.4, -0.2) is 36.6 Å². The Balaban J connectivity index is 1.73. The summed E-state index contributed by atoms with van der Waals surface area (Å²) in [5.74, 6) is -0.827. The number of benzene rings is 2. The van der Waals surface area contributed by atoms with Crippen molar-refractivity contribution in [2.45, 2.75) is 20.3 Å². The lowest BCUT2D eigenvalue weighted by Gasteiger charge is -2.15. The summed E-state index contributed by atoms with van der Waals surface area (Å²) in [5, 5.41) is 0.479. The fourth-order valence-electron chi connectivity index (χ4n) is 2.70. The smallest absolute Gasteiger partial charge is 0.364 e. The number of nitrogens with zero attached hydrogens (tertiary/aromatic N) is 1. The van der Waals surface area contributed by atoms with Gasteiger partial charge in [-0.1, -0.05) is 31.0 Å². The molecule has 2 amide bonds. The molecule has 0 spiro atoms. The van der Waals surface area contributed by atoms with Gasteiger partial charge in [0.2, 0.25) is 0 Å². The fourth-order valence-corrected chi connectivity index (χ4v) is 2.70. The Morgan fingerprint density at radius 2 is 1.64 bits per heavy atom. The van der Waals surface area contributed by atoms with Crippen LogP contribution in [0.5, 0.6) is 11.5 Å². The topological polar surface area (TPSA) is 82.1 Å². The molecule has 0 bridgehead atoms. The number of amides is 2. The van der Waals surface area contributed by atoms with Crippen LogP contribution >= 0.6 is 0 Å². The first-order valence-electron chi connectivity index (χ1n) is 8.93. The molecule has 1 aliphatic rings. The minimum Gasteiger partial charge on any atom is -0.493 e. The number of methoxy groups -OCH3 is 1. The summed E-state index contributed by atoms with van der Waals surface area (Å²) >= 11 is 0. The molecular formula is C21H21NO6. The Hall–Kier alpha value is -3.35. The largest absolute Gasteiger partial charge is 0.493 e. The van der Waals surface area contributed by atoms with Crippen LogP contribution in [0.1, 0.15) is 51.3 Å². The number of carbonyl (C=O) groups excluding carboxylic acids is 3. The molecule has 1 aliphatic heterocycles. The van der Waals surface area contributed by atoms with Gasteiger partial charge in [-0.25, -0.2) is 4.79 Å². The van der Waals surface area contributed by atoms with Gasteiger partial charge in [0.05, 0.1) is 30.4 Å². The molecule has 2 aromatic carbocycles. The summed E-state index contributed by atoms with van der Waals surface area (Å²) in [6.07, 6.45) is 0.882. The highest BCUT2D eigenvalue weighted by Crippen LogP contribution is 2.29. The SMILES string of the molecule is COc1cc(C(=O)ON2C(=O)c3ccccc3C2=O)ccc1OCCC(C)C. The van der Waals surface area contributed by atoms with Gasteiger partial charge in [0, 0.05) is 0 Å². The summed E-state index contributed by atoms with van der Waals surface area (Å²) in [5.41, 5.74) is 0.531. The van der Waals surface area contributed by atoms with Gasteiger partial charge in [-0.15, -0.1) is 0 Å². The van der Waals surface area contributed by atoms with Crippen molar-refractivity contribution in [1.82, 2.24) is 5.06 Å². The van der Waals surface area contributed by atoms with E-state index in [0.717, 1.165) is 6.42 Å². The van der Waals surface area contributed by atoms with Crippen LogP contribution in [0.25, 0.3) is 0 Å². The third kappa shape index (κ3) is 3.83. The first-order valence-corrected chi connectivity index (χ1v) is 8.93. The number of rotatable bonds is 7. The Morgan fingerprint density at radius 1 is 1.00 bits per heavy atom. The van der Waals surface area contributed by atoms with Crippen molar-refractivity contribution in [3.63, 3.8) is 0 Å². The van der Waals surface area contributed by atoms with E-state index in [-0.39, 0.29) is 16.7 Å². The van der Waals surface area contributed by atoms with E-state index in [1.807, 2.05) is 0 Å². The lowest BCUT2D eigenvalue weighted by Crippen LogP contribution is -2.32. The number of hydrogen-bond donors (Lipinski definition) is 0. The molecule has 0 aliphatic carbocycles. The van der Waals surface area contributed by atoms with Crippen LogP contribution in [-0.2, 0) is 4.84 Å². The van der Waals surface area contributed by atoms with E-state index in [0.29, 0.717) is 29.1 Å². The van der Waals surface area contributed by atoms with Crippen molar-refractivity contribution in [2.75, 3.05) is 13.7 Å². The Bertz CT molecular complexity index is 886. The molecule has 1 heterocycles. The van der Waals surface area contributed by atoms with Crippen LogP contribution in [0.4, 0.5) is 0 Å². The molecular weight excluding hydrogens is 362 g/mol. The van der Waals surface area contributed by atoms with Gasteiger partial charge in [0.15, 0.2) is 11.5 Å². The van der Waals surface area contributed by atoms with Gasteiger partial charge in [-0.3, -0.25) is 9.59 Å². The molecule has 3 rings (SSSR count). The second-order valence-corrected chi connectivity index (χ2v) is 6.73. The second-order valence-electron chi connectivity index (χ2n) is 6.73. The van der Waals surface area contributed by atoms with Gasteiger partial charge < -0.3 is 14.3 Å². The summed E-state index contributed by atoms with van der Waals surface area (Å²) in [6, 6.07) is 10.8. The highest BCUT2D eigenvalue weighted by Gasteiger charge is 2.38. The van der Waals surface area contributed by atoms with Crippen molar-refractivity contribution in [1.29, 1.82) is 0 Å². The maximum Gasteiger partial charge on any atom is 0.364 e. The van der Waals surface area contributed by atoms with Gasteiger partial charge in [-0.2, -0.15) is 0 Å². The lowest BCUT2D eigenvalue weighted by molar-refractivity contribution is -0.0584. The average molecular weight is 383 g/mol. The third-order valence-corrected chi connectivity index (χ3v) is 4.28. The average Bonchev–Trinajstić information content (AvgIpc) is 2.93. The Kier molecular flexibility index (Phi) is 5.63. The second kappa shape index (κ2) is 8.12. The van der Waals surface area contributed by atoms with Crippen LogP contribution in [0, 0.1) is 5.92 Å². The van der Waals surface area contributed by atoms with Gasteiger partial charge >= 0.3 is 5.97 Å². The molecule has 0 saturated heterocycles. The van der Waals surface area contributed by atoms with Crippen molar-refractivity contribution < 1.29 is 28.7 Å². The zero-order chi connectivity index (χ0) is 20.3. The summed E-state index contributed by atoms with van der Waals surface area (Å²) in [6.45, 7) is 4.71. The number of imide groups is 1. The molecule has 0 aromatic heterocycles. The molecule has 0 atom stereocenters. The molecule has 0 saturated carbocycles. The highest BCUT2D eigenvalue weighted by molar-refractivity contribution is 6.21. The third-order valence-electron chi connectivity index (χ3n) is 4.28. The van der Waals surface area contributed by atoms with Crippen LogP contribution < -0.4 is 9.47 Å². The molecule has 0 fully saturated rings. The molecule has 28 heavy (non-hydrogen) atoms. The molecule has 0 N–H and O–H groups in total. The summed E-state index contributed by atoms with van der Waals surface area (Å²) in [7, 11) is 1.46. The van der Waals surface area contributed by atoms with E-state index >= 15 is 0 Å². The molecule has 0 radical (unpaired) electrons. The zero-order valence-corrected chi connectivity index (χ0v) is 15.9. The fraction of sp³-hybridized carbons (Fsp3) is 0.286. The predicted molar refractivity (Wildman–Crippen MR) is 100 cm³/mol. The van der Waals surface area contributed by atoms with E-state index in [1.54, 1.807) is 18.2 Å². The highest BCUT2D eigenvalue weighted by atomic mass is 16.7. The minimum absolute atomic E-state index is 0.129. The standard InChI is InChI=1S/C21H21NO6/c1-13(2)10-11-27-17-9-8-14(12-18(17)26-3)21(25)28-22-19(23)15-6-4-5-7-16(15)20(22)24/h4-9,12-13H,10-11H2,1-3H3. The van der Waals surface area contributed by atoms with E-state index in [1.165, 1.54) is 31.4 Å². The van der Waals surface area contributed by atoms with Crippen LogP contribution in [0.2, 0.25) is 0 Å². The van der Waals surface area contributed by atoms with Gasteiger partial charge in [0.1, 0.15) is 0 Å². The first-order chi connectivity index (χ1) is 13.4. The molecule has 7 heteroatoms. The predicted octanol–water partition coefficient (Wildman–Crippen LogP) is 3.49. The molecule has 2 aromatic rings. The van der Waals surface area contributed by atoms with Crippen molar-refractivity contribution in [2.24, 2.45) is 5.92 Å².